The molecule has 0 atom stereocenters. The smallest absolute Gasteiger partial charge is 0.508 e. The number of halogens is 4. The summed E-state index contributed by atoms with van der Waals surface area (Å²) in [6.07, 6.45) is 0. The number of rotatable bonds is 0. The van der Waals surface area contributed by atoms with Crippen molar-refractivity contribution in [2.45, 2.75) is 0 Å². The van der Waals surface area contributed by atoms with Gasteiger partial charge in [0.15, 0.2) is 0 Å². The second-order valence-electron chi connectivity index (χ2n) is 5.18. The molecule has 0 saturated heterocycles. The van der Waals surface area contributed by atoms with Crippen LogP contribution >= 0.6 is 46.4 Å². The van der Waals surface area contributed by atoms with Gasteiger partial charge in [-0.05, 0) is 36.4 Å². The van der Waals surface area contributed by atoms with Crippen molar-refractivity contribution in [2.75, 3.05) is 0 Å². The maximum atomic E-state index is 8.82. The molecule has 4 aromatic rings. The molecule has 4 rings (SSSR count). The van der Waals surface area contributed by atoms with Crippen LogP contribution in [0.15, 0.2) is 97.1 Å². The SMILES string of the molecule is Oc1cc(Cl)cc(Cl)c1.Oc1cc(Cl)cc(Cl)c1.[Zr+2].c1cc[cH-]c1.c1cc[cH-]c1. The van der Waals surface area contributed by atoms with E-state index in [1.54, 1.807) is 12.1 Å². The van der Waals surface area contributed by atoms with Crippen LogP contribution in [0, 0.1) is 0 Å². The molecule has 2 N–H and O–H groups in total. The monoisotopic (exact) mass is 544 g/mol. The molecule has 0 fully saturated rings. The van der Waals surface area contributed by atoms with Crippen molar-refractivity contribution in [1.29, 1.82) is 0 Å². The van der Waals surface area contributed by atoms with Crippen LogP contribution < -0.4 is 0 Å². The van der Waals surface area contributed by atoms with Gasteiger partial charge in [0.25, 0.3) is 0 Å². The fourth-order valence-corrected chi connectivity index (χ4v) is 2.75. The van der Waals surface area contributed by atoms with E-state index in [0.29, 0.717) is 20.1 Å². The zero-order valence-electron chi connectivity index (χ0n) is 15.1. The Morgan fingerprint density at radius 3 is 0.862 bits per heavy atom. The standard InChI is InChI=1S/2C6H4Cl2O.2C5H5.Zr/c2*7-4-1-5(8)3-6(9)2-4;2*1-2-4-5-3-1;/h2*1-3,9H;2*1-5H;/q;;2*-1;+2. The Kier molecular flexibility index (Phi) is 15.9. The Morgan fingerprint density at radius 2 is 0.724 bits per heavy atom. The molecule has 0 radical (unpaired) electrons. The maximum Gasteiger partial charge on any atom is 2.00 e. The van der Waals surface area contributed by atoms with Gasteiger partial charge in [-0.25, -0.2) is 24.3 Å². The molecule has 29 heavy (non-hydrogen) atoms. The first-order valence-corrected chi connectivity index (χ1v) is 9.51. The fraction of sp³-hybridized carbons (Fsp3) is 0. The van der Waals surface area contributed by atoms with Crippen LogP contribution in [0.4, 0.5) is 0 Å². The summed E-state index contributed by atoms with van der Waals surface area (Å²) in [7, 11) is 0. The van der Waals surface area contributed by atoms with Crippen molar-refractivity contribution < 1.29 is 36.4 Å². The Morgan fingerprint density at radius 1 is 0.483 bits per heavy atom. The minimum atomic E-state index is 0. The third-order valence-corrected chi connectivity index (χ3v) is 3.68. The molecule has 0 amide bonds. The Balaban J connectivity index is 0.000000369. The van der Waals surface area contributed by atoms with E-state index in [-0.39, 0.29) is 37.7 Å². The first-order chi connectivity index (χ1) is 13.4. The van der Waals surface area contributed by atoms with Crippen LogP contribution in [0.3, 0.4) is 0 Å². The summed E-state index contributed by atoms with van der Waals surface area (Å²) in [6, 6.07) is 28.8. The predicted octanol–water partition coefficient (Wildman–Crippen LogP) is 8.21. The van der Waals surface area contributed by atoms with Crippen LogP contribution in [-0.2, 0) is 26.2 Å². The van der Waals surface area contributed by atoms with E-state index >= 15 is 0 Å². The van der Waals surface area contributed by atoms with E-state index in [9.17, 15) is 0 Å². The molecule has 0 bridgehead atoms. The molecule has 0 aliphatic heterocycles. The van der Waals surface area contributed by atoms with Crippen LogP contribution in [0.5, 0.6) is 11.5 Å². The molecular formula is C22H18Cl4O2Zr. The molecule has 0 spiro atoms. The summed E-state index contributed by atoms with van der Waals surface area (Å²) in [5, 5.41) is 19.4. The first kappa shape index (κ1) is 27.8. The predicted molar refractivity (Wildman–Crippen MR) is 120 cm³/mol. The maximum absolute atomic E-state index is 8.82. The molecular weight excluding hydrogens is 529 g/mol. The fourth-order valence-electron chi connectivity index (χ4n) is 1.72. The van der Waals surface area contributed by atoms with E-state index < -0.39 is 0 Å². The summed E-state index contributed by atoms with van der Waals surface area (Å²) in [6.45, 7) is 0. The van der Waals surface area contributed by atoms with Crippen LogP contribution in [0.1, 0.15) is 0 Å². The Bertz CT molecular complexity index is 684. The second-order valence-corrected chi connectivity index (χ2v) is 6.93. The first-order valence-electron chi connectivity index (χ1n) is 8.00. The van der Waals surface area contributed by atoms with Crippen molar-refractivity contribution in [3.63, 3.8) is 0 Å². The summed E-state index contributed by atoms with van der Waals surface area (Å²) >= 11 is 22.0. The topological polar surface area (TPSA) is 40.5 Å². The molecule has 0 aromatic heterocycles. The molecule has 0 aliphatic carbocycles. The number of hydrogen-bond acceptors (Lipinski definition) is 2. The Labute approximate surface area is 210 Å². The van der Waals surface area contributed by atoms with E-state index in [2.05, 4.69) is 0 Å². The largest absolute Gasteiger partial charge is 2.00 e. The van der Waals surface area contributed by atoms with Crippen LogP contribution in [0.2, 0.25) is 20.1 Å². The van der Waals surface area contributed by atoms with Gasteiger partial charge in [-0.1, -0.05) is 46.4 Å². The van der Waals surface area contributed by atoms with Crippen molar-refractivity contribution in [2.24, 2.45) is 0 Å². The second kappa shape index (κ2) is 16.6. The third kappa shape index (κ3) is 15.3. The summed E-state index contributed by atoms with van der Waals surface area (Å²) in [5.41, 5.74) is 0. The van der Waals surface area contributed by atoms with E-state index in [1.807, 2.05) is 60.7 Å². The number of aromatic hydroxyl groups is 2. The van der Waals surface area contributed by atoms with Crippen molar-refractivity contribution in [3.8, 4) is 11.5 Å². The van der Waals surface area contributed by atoms with Gasteiger partial charge in [0, 0.05) is 20.1 Å². The average molecular weight is 547 g/mol. The molecule has 0 unspecified atom stereocenters. The van der Waals surface area contributed by atoms with Gasteiger partial charge in [-0.2, -0.15) is 36.4 Å². The summed E-state index contributed by atoms with van der Waals surface area (Å²) in [4.78, 5) is 0. The van der Waals surface area contributed by atoms with Crippen LogP contribution in [-0.4, -0.2) is 10.2 Å². The molecule has 2 nitrogen and oxygen atoms in total. The summed E-state index contributed by atoms with van der Waals surface area (Å²) < 4.78 is 0. The van der Waals surface area contributed by atoms with Gasteiger partial charge >= 0.3 is 26.2 Å². The minimum absolute atomic E-state index is 0. The van der Waals surface area contributed by atoms with Crippen molar-refractivity contribution in [1.82, 2.24) is 0 Å². The van der Waals surface area contributed by atoms with Gasteiger partial charge in [0.05, 0.1) is 0 Å². The number of phenols is 2. The molecule has 0 aliphatic rings. The van der Waals surface area contributed by atoms with Gasteiger partial charge in [-0.15, -0.1) is 0 Å². The molecule has 0 heterocycles. The quantitative estimate of drug-likeness (QED) is 0.218. The molecule has 150 valence electrons. The van der Waals surface area contributed by atoms with E-state index in [4.69, 9.17) is 56.6 Å². The number of benzene rings is 2. The zero-order valence-corrected chi connectivity index (χ0v) is 20.6. The molecule has 4 aromatic carbocycles. The third-order valence-electron chi connectivity index (χ3n) is 2.81. The number of phenolic OH excluding ortho intramolecular Hbond substituents is 2. The zero-order chi connectivity index (χ0) is 20.8. The number of hydrogen-bond donors (Lipinski definition) is 2. The molecule has 0 saturated carbocycles. The van der Waals surface area contributed by atoms with Gasteiger partial charge in [-0.3, -0.25) is 0 Å². The van der Waals surface area contributed by atoms with E-state index in [0.717, 1.165) is 0 Å². The van der Waals surface area contributed by atoms with Crippen molar-refractivity contribution >= 4 is 46.4 Å². The van der Waals surface area contributed by atoms with Gasteiger partial charge in [0.2, 0.25) is 0 Å². The normalized spacial score (nSPS) is 8.69. The van der Waals surface area contributed by atoms with Gasteiger partial charge < -0.3 is 10.2 Å². The van der Waals surface area contributed by atoms with Gasteiger partial charge in [0.1, 0.15) is 11.5 Å². The summed E-state index contributed by atoms with van der Waals surface area (Å²) in [5.74, 6) is 0.181. The van der Waals surface area contributed by atoms with E-state index in [1.165, 1.54) is 24.3 Å². The van der Waals surface area contributed by atoms with Crippen molar-refractivity contribution in [3.05, 3.63) is 117 Å². The average Bonchev–Trinajstić information content (AvgIpc) is 3.32. The Hall–Kier alpha value is -1.22. The molecule has 7 heteroatoms. The minimum Gasteiger partial charge on any atom is -0.508 e. The van der Waals surface area contributed by atoms with Crippen LogP contribution in [0.25, 0.3) is 0 Å².